The lowest BCUT2D eigenvalue weighted by Gasteiger charge is -2.16. The summed E-state index contributed by atoms with van der Waals surface area (Å²) in [4.78, 5) is 12.0. The Kier molecular flexibility index (Phi) is 4.02. The maximum absolute atomic E-state index is 12.0. The minimum atomic E-state index is -0.115. The fourth-order valence-corrected chi connectivity index (χ4v) is 2.15. The monoisotopic (exact) mass is 246 g/mol. The number of nitrogens with one attached hydrogen (secondary N) is 1. The molecule has 1 aliphatic rings. The van der Waals surface area contributed by atoms with Crippen LogP contribution in [0.15, 0.2) is 24.3 Å². The van der Waals surface area contributed by atoms with E-state index in [-0.39, 0.29) is 17.9 Å². The minimum absolute atomic E-state index is 0.0664. The molecule has 0 aliphatic heterocycles. The molecule has 1 amide bonds. The van der Waals surface area contributed by atoms with Gasteiger partial charge in [0.05, 0.1) is 5.92 Å². The van der Waals surface area contributed by atoms with E-state index < -0.39 is 0 Å². The Hall–Kier alpha value is -1.35. The van der Waals surface area contributed by atoms with Crippen molar-refractivity contribution < 1.29 is 4.79 Å². The van der Waals surface area contributed by atoms with Crippen LogP contribution in [0.2, 0.25) is 0 Å². The summed E-state index contributed by atoms with van der Waals surface area (Å²) in [5.41, 5.74) is 8.22. The van der Waals surface area contributed by atoms with E-state index in [9.17, 15) is 4.79 Å². The number of hydrogen-bond acceptors (Lipinski definition) is 2. The first kappa shape index (κ1) is 13.1. The summed E-state index contributed by atoms with van der Waals surface area (Å²) in [6.07, 6.45) is 2.43. The van der Waals surface area contributed by atoms with E-state index in [2.05, 4.69) is 11.4 Å². The SMILES string of the molecule is Cc1cccc(C(C)C(=O)NCC(N)C2CC2)c1. The van der Waals surface area contributed by atoms with E-state index in [0.717, 1.165) is 5.56 Å². The quantitative estimate of drug-likeness (QED) is 0.834. The van der Waals surface area contributed by atoms with Gasteiger partial charge in [0.2, 0.25) is 5.91 Å². The van der Waals surface area contributed by atoms with Crippen LogP contribution in [-0.4, -0.2) is 18.5 Å². The van der Waals surface area contributed by atoms with Crippen molar-refractivity contribution in [3.8, 4) is 0 Å². The third-order valence-electron chi connectivity index (χ3n) is 3.67. The molecule has 3 heteroatoms. The first-order valence-electron chi connectivity index (χ1n) is 6.68. The molecule has 0 heterocycles. The molecule has 2 atom stereocenters. The molecule has 1 aromatic rings. The van der Waals surface area contributed by atoms with E-state index >= 15 is 0 Å². The van der Waals surface area contributed by atoms with Crippen LogP contribution in [0.3, 0.4) is 0 Å². The summed E-state index contributed by atoms with van der Waals surface area (Å²) in [5.74, 6) is 0.576. The van der Waals surface area contributed by atoms with Crippen molar-refractivity contribution in [3.05, 3.63) is 35.4 Å². The normalized spacial score (nSPS) is 18.2. The van der Waals surface area contributed by atoms with Gasteiger partial charge in [0.25, 0.3) is 0 Å². The molecule has 3 nitrogen and oxygen atoms in total. The Morgan fingerprint density at radius 1 is 1.50 bits per heavy atom. The number of amides is 1. The summed E-state index contributed by atoms with van der Waals surface area (Å²) in [5, 5.41) is 2.96. The van der Waals surface area contributed by atoms with Crippen LogP contribution >= 0.6 is 0 Å². The molecule has 98 valence electrons. The van der Waals surface area contributed by atoms with Gasteiger partial charge in [0.1, 0.15) is 0 Å². The first-order valence-corrected chi connectivity index (χ1v) is 6.68. The summed E-state index contributed by atoms with van der Waals surface area (Å²) in [6, 6.07) is 8.21. The number of aryl methyl sites for hydroxylation is 1. The van der Waals surface area contributed by atoms with Gasteiger partial charge in [-0.1, -0.05) is 29.8 Å². The highest BCUT2D eigenvalue weighted by Crippen LogP contribution is 2.31. The Morgan fingerprint density at radius 3 is 2.83 bits per heavy atom. The number of carbonyl (C=O) groups excluding carboxylic acids is 1. The van der Waals surface area contributed by atoms with Gasteiger partial charge in [-0.15, -0.1) is 0 Å². The standard InChI is InChI=1S/C15H22N2O/c1-10-4-3-5-13(8-10)11(2)15(18)17-9-14(16)12-6-7-12/h3-5,8,11-12,14H,6-7,9,16H2,1-2H3,(H,17,18). The molecule has 3 N–H and O–H groups in total. The number of benzene rings is 1. The Morgan fingerprint density at radius 2 is 2.22 bits per heavy atom. The first-order chi connectivity index (χ1) is 8.58. The van der Waals surface area contributed by atoms with Gasteiger partial charge in [-0.25, -0.2) is 0 Å². The summed E-state index contributed by atoms with van der Waals surface area (Å²) >= 11 is 0. The zero-order valence-electron chi connectivity index (χ0n) is 11.1. The van der Waals surface area contributed by atoms with E-state index in [1.165, 1.54) is 18.4 Å². The van der Waals surface area contributed by atoms with Crippen molar-refractivity contribution in [1.82, 2.24) is 5.32 Å². The van der Waals surface area contributed by atoms with E-state index in [0.29, 0.717) is 12.5 Å². The highest BCUT2D eigenvalue weighted by molar-refractivity contribution is 5.83. The third kappa shape index (κ3) is 3.33. The third-order valence-corrected chi connectivity index (χ3v) is 3.67. The number of hydrogen-bond donors (Lipinski definition) is 2. The number of rotatable bonds is 5. The molecular formula is C15H22N2O. The molecule has 18 heavy (non-hydrogen) atoms. The molecule has 1 aliphatic carbocycles. The summed E-state index contributed by atoms with van der Waals surface area (Å²) in [7, 11) is 0. The minimum Gasteiger partial charge on any atom is -0.354 e. The van der Waals surface area contributed by atoms with Gasteiger partial charge >= 0.3 is 0 Å². The second-order valence-electron chi connectivity index (χ2n) is 5.38. The molecule has 2 rings (SSSR count). The largest absolute Gasteiger partial charge is 0.354 e. The van der Waals surface area contributed by atoms with Crippen LogP contribution in [0.4, 0.5) is 0 Å². The molecule has 2 unspecified atom stereocenters. The van der Waals surface area contributed by atoms with Gasteiger partial charge in [-0.3, -0.25) is 4.79 Å². The lowest BCUT2D eigenvalue weighted by molar-refractivity contribution is -0.122. The average molecular weight is 246 g/mol. The lowest BCUT2D eigenvalue weighted by atomic mass is 9.98. The van der Waals surface area contributed by atoms with Crippen LogP contribution in [0.5, 0.6) is 0 Å². The predicted octanol–water partition coefficient (Wildman–Crippen LogP) is 1.95. The van der Waals surface area contributed by atoms with Crippen molar-refractivity contribution in [2.45, 2.75) is 38.6 Å². The van der Waals surface area contributed by atoms with Crippen molar-refractivity contribution in [2.24, 2.45) is 11.7 Å². The molecule has 0 spiro atoms. The Labute approximate surface area is 109 Å². The molecular weight excluding hydrogens is 224 g/mol. The van der Waals surface area contributed by atoms with Crippen molar-refractivity contribution in [2.75, 3.05) is 6.54 Å². The van der Waals surface area contributed by atoms with Crippen LogP contribution < -0.4 is 11.1 Å². The number of nitrogens with two attached hydrogens (primary N) is 1. The summed E-state index contributed by atoms with van der Waals surface area (Å²) in [6.45, 7) is 4.57. The highest BCUT2D eigenvalue weighted by Gasteiger charge is 2.28. The molecule has 1 saturated carbocycles. The molecule has 0 radical (unpaired) electrons. The second-order valence-corrected chi connectivity index (χ2v) is 5.38. The molecule has 0 aromatic heterocycles. The predicted molar refractivity (Wildman–Crippen MR) is 73.3 cm³/mol. The molecule has 0 bridgehead atoms. The van der Waals surface area contributed by atoms with Gasteiger partial charge < -0.3 is 11.1 Å². The fourth-order valence-electron chi connectivity index (χ4n) is 2.15. The maximum atomic E-state index is 12.0. The van der Waals surface area contributed by atoms with E-state index in [1.807, 2.05) is 32.0 Å². The van der Waals surface area contributed by atoms with E-state index in [1.54, 1.807) is 0 Å². The highest BCUT2D eigenvalue weighted by atomic mass is 16.1. The Balaban J connectivity index is 1.87. The zero-order chi connectivity index (χ0) is 13.1. The van der Waals surface area contributed by atoms with Crippen LogP contribution in [0, 0.1) is 12.8 Å². The van der Waals surface area contributed by atoms with Crippen LogP contribution in [0.1, 0.15) is 36.8 Å². The smallest absolute Gasteiger partial charge is 0.227 e. The van der Waals surface area contributed by atoms with Crippen LogP contribution in [0.25, 0.3) is 0 Å². The maximum Gasteiger partial charge on any atom is 0.227 e. The average Bonchev–Trinajstić information content (AvgIpc) is 3.18. The lowest BCUT2D eigenvalue weighted by Crippen LogP contribution is -2.40. The van der Waals surface area contributed by atoms with E-state index in [4.69, 9.17) is 5.73 Å². The van der Waals surface area contributed by atoms with Gasteiger partial charge in [-0.05, 0) is 38.2 Å². The molecule has 1 fully saturated rings. The van der Waals surface area contributed by atoms with Gasteiger partial charge in [-0.2, -0.15) is 0 Å². The Bertz CT molecular complexity index is 426. The van der Waals surface area contributed by atoms with Gasteiger partial charge in [0, 0.05) is 12.6 Å². The van der Waals surface area contributed by atoms with Crippen molar-refractivity contribution in [3.63, 3.8) is 0 Å². The number of carbonyl (C=O) groups is 1. The fraction of sp³-hybridized carbons (Fsp3) is 0.533. The van der Waals surface area contributed by atoms with Crippen molar-refractivity contribution >= 4 is 5.91 Å². The van der Waals surface area contributed by atoms with Crippen LogP contribution in [-0.2, 0) is 4.79 Å². The van der Waals surface area contributed by atoms with Gasteiger partial charge in [0.15, 0.2) is 0 Å². The molecule has 0 saturated heterocycles. The zero-order valence-corrected chi connectivity index (χ0v) is 11.1. The summed E-state index contributed by atoms with van der Waals surface area (Å²) < 4.78 is 0. The topological polar surface area (TPSA) is 55.1 Å². The molecule has 1 aromatic carbocycles. The van der Waals surface area contributed by atoms with Crippen molar-refractivity contribution in [1.29, 1.82) is 0 Å². The second kappa shape index (κ2) is 5.53.